The predicted molar refractivity (Wildman–Crippen MR) is 65.0 cm³/mol. The van der Waals surface area contributed by atoms with E-state index >= 15 is 0 Å². The Labute approximate surface area is 101 Å². The van der Waals surface area contributed by atoms with Crippen LogP contribution >= 0.6 is 0 Å². The summed E-state index contributed by atoms with van der Waals surface area (Å²) in [7, 11) is -7.04. The number of hydrogen-bond acceptors (Lipinski definition) is 5. The lowest BCUT2D eigenvalue weighted by Gasteiger charge is -2.09. The van der Waals surface area contributed by atoms with Crippen molar-refractivity contribution in [3.8, 4) is 0 Å². The zero-order valence-corrected chi connectivity index (χ0v) is 11.2. The molecular formula is C9H14N2O4S2. The molecule has 96 valence electrons. The summed E-state index contributed by atoms with van der Waals surface area (Å²) in [5.74, 6) is -0.398. The van der Waals surface area contributed by atoms with Crippen LogP contribution < -0.4 is 4.72 Å². The fourth-order valence-electron chi connectivity index (χ4n) is 1.09. The van der Waals surface area contributed by atoms with E-state index in [4.69, 9.17) is 0 Å². The molecule has 0 saturated heterocycles. The van der Waals surface area contributed by atoms with Crippen molar-refractivity contribution in [2.45, 2.75) is 18.7 Å². The summed E-state index contributed by atoms with van der Waals surface area (Å²) in [6.07, 6.45) is 1.34. The third kappa shape index (κ3) is 3.40. The lowest BCUT2D eigenvalue weighted by atomic mass is 10.5. The highest BCUT2D eigenvalue weighted by atomic mass is 32.2. The van der Waals surface area contributed by atoms with Crippen LogP contribution in [0.5, 0.6) is 0 Å². The Balaban J connectivity index is 3.28. The van der Waals surface area contributed by atoms with Crippen molar-refractivity contribution in [2.24, 2.45) is 0 Å². The Bertz CT molecular complexity index is 593. The quantitative estimate of drug-likeness (QED) is 0.853. The maximum Gasteiger partial charge on any atom is 0.233 e. The summed E-state index contributed by atoms with van der Waals surface area (Å²) in [5, 5.41) is 0. The molecular weight excluding hydrogens is 264 g/mol. The Hall–Kier alpha value is -1.15. The molecule has 6 nitrogen and oxygen atoms in total. The fraction of sp³-hybridized carbons (Fsp3) is 0.444. The van der Waals surface area contributed by atoms with Gasteiger partial charge in [0.2, 0.25) is 10.0 Å². The monoisotopic (exact) mass is 278 g/mol. The standard InChI is InChI=1S/C9H14N2O4S2/c1-3-16(12,13)8-6-5-7-10-9(8)11-17(14,15)4-2/h5-7H,3-4H2,1-2H3,(H,10,11). The zero-order valence-electron chi connectivity index (χ0n) is 9.54. The van der Waals surface area contributed by atoms with E-state index in [0.717, 1.165) is 0 Å². The molecule has 0 aromatic carbocycles. The number of rotatable bonds is 5. The predicted octanol–water partition coefficient (Wildman–Crippen LogP) is 0.637. The molecule has 0 aliphatic rings. The van der Waals surface area contributed by atoms with Crippen LogP contribution in [0.3, 0.4) is 0 Å². The molecule has 1 aromatic heterocycles. The van der Waals surface area contributed by atoms with Gasteiger partial charge in [0.05, 0.1) is 11.5 Å². The van der Waals surface area contributed by atoms with E-state index in [0.29, 0.717) is 0 Å². The van der Waals surface area contributed by atoms with E-state index in [2.05, 4.69) is 9.71 Å². The third-order valence-electron chi connectivity index (χ3n) is 2.12. The minimum atomic E-state index is -3.54. The van der Waals surface area contributed by atoms with Crippen molar-refractivity contribution in [3.63, 3.8) is 0 Å². The molecule has 0 unspecified atom stereocenters. The second-order valence-electron chi connectivity index (χ2n) is 3.26. The maximum absolute atomic E-state index is 11.7. The molecule has 0 aliphatic carbocycles. The summed E-state index contributed by atoms with van der Waals surface area (Å²) in [5.41, 5.74) is 0. The van der Waals surface area contributed by atoms with E-state index in [1.165, 1.54) is 32.2 Å². The van der Waals surface area contributed by atoms with E-state index in [-0.39, 0.29) is 22.2 Å². The van der Waals surface area contributed by atoms with E-state index in [9.17, 15) is 16.8 Å². The molecule has 1 N–H and O–H groups in total. The van der Waals surface area contributed by atoms with Crippen LogP contribution in [0.1, 0.15) is 13.8 Å². The average molecular weight is 278 g/mol. The zero-order chi connectivity index (χ0) is 13.1. The molecule has 0 atom stereocenters. The second kappa shape index (κ2) is 5.01. The molecule has 0 amide bonds. The first-order valence-electron chi connectivity index (χ1n) is 5.00. The van der Waals surface area contributed by atoms with Crippen molar-refractivity contribution >= 4 is 25.7 Å². The molecule has 1 heterocycles. The maximum atomic E-state index is 11.7. The van der Waals surface area contributed by atoms with Crippen molar-refractivity contribution in [2.75, 3.05) is 16.2 Å². The molecule has 0 fully saturated rings. The van der Waals surface area contributed by atoms with Gasteiger partial charge in [-0.15, -0.1) is 0 Å². The highest BCUT2D eigenvalue weighted by molar-refractivity contribution is 7.93. The highest BCUT2D eigenvalue weighted by Gasteiger charge is 2.20. The molecule has 1 rings (SSSR count). The van der Waals surface area contributed by atoms with E-state index in [1.54, 1.807) is 0 Å². The van der Waals surface area contributed by atoms with Gasteiger partial charge in [0.15, 0.2) is 15.7 Å². The number of nitrogens with zero attached hydrogens (tertiary/aromatic N) is 1. The molecule has 0 aliphatic heterocycles. The number of sulfone groups is 1. The van der Waals surface area contributed by atoms with Gasteiger partial charge in [0.1, 0.15) is 4.90 Å². The smallest absolute Gasteiger partial charge is 0.233 e. The SMILES string of the molecule is CCS(=O)(=O)Nc1ncccc1S(=O)(=O)CC. The van der Waals surface area contributed by atoms with E-state index < -0.39 is 19.9 Å². The minimum Gasteiger partial charge on any atom is -0.266 e. The van der Waals surface area contributed by atoms with Gasteiger partial charge in [0, 0.05) is 6.20 Å². The Kier molecular flexibility index (Phi) is 4.10. The first-order chi connectivity index (χ1) is 7.82. The lowest BCUT2D eigenvalue weighted by molar-refractivity contribution is 0.597. The molecule has 0 spiro atoms. The largest absolute Gasteiger partial charge is 0.266 e. The minimum absolute atomic E-state index is 0.0977. The van der Waals surface area contributed by atoms with Gasteiger partial charge in [-0.05, 0) is 19.1 Å². The summed E-state index contributed by atoms with van der Waals surface area (Å²) < 4.78 is 48.4. The summed E-state index contributed by atoms with van der Waals surface area (Å²) in [4.78, 5) is 3.66. The van der Waals surface area contributed by atoms with Gasteiger partial charge in [-0.2, -0.15) is 0 Å². The summed E-state index contributed by atoms with van der Waals surface area (Å²) in [6.45, 7) is 2.94. The second-order valence-corrected chi connectivity index (χ2v) is 7.52. The van der Waals surface area contributed by atoms with Crippen LogP contribution in [0.2, 0.25) is 0 Å². The lowest BCUT2D eigenvalue weighted by Crippen LogP contribution is -2.18. The van der Waals surface area contributed by atoms with Gasteiger partial charge in [0.25, 0.3) is 0 Å². The molecule has 17 heavy (non-hydrogen) atoms. The van der Waals surface area contributed by atoms with Gasteiger partial charge in [-0.1, -0.05) is 6.92 Å². The Morgan fingerprint density at radius 2 is 1.82 bits per heavy atom. The molecule has 8 heteroatoms. The van der Waals surface area contributed by atoms with Crippen LogP contribution in [0, 0.1) is 0 Å². The number of pyridine rings is 1. The van der Waals surface area contributed by atoms with Gasteiger partial charge >= 0.3 is 0 Å². The van der Waals surface area contributed by atoms with Crippen molar-refractivity contribution in [1.29, 1.82) is 0 Å². The Morgan fingerprint density at radius 3 is 2.35 bits per heavy atom. The highest BCUT2D eigenvalue weighted by Crippen LogP contribution is 2.20. The van der Waals surface area contributed by atoms with Crippen molar-refractivity contribution in [1.82, 2.24) is 4.98 Å². The summed E-state index contributed by atoms with van der Waals surface area (Å²) in [6, 6.07) is 2.78. The number of aromatic nitrogens is 1. The summed E-state index contributed by atoms with van der Waals surface area (Å²) >= 11 is 0. The van der Waals surface area contributed by atoms with Gasteiger partial charge in [-0.3, -0.25) is 4.72 Å². The topological polar surface area (TPSA) is 93.2 Å². The first kappa shape index (κ1) is 13.9. The van der Waals surface area contributed by atoms with Gasteiger partial charge in [-0.25, -0.2) is 21.8 Å². The third-order valence-corrected chi connectivity index (χ3v) is 5.14. The molecule has 1 aromatic rings. The van der Waals surface area contributed by atoms with E-state index in [1.807, 2.05) is 0 Å². The van der Waals surface area contributed by atoms with Crippen LogP contribution in [-0.4, -0.2) is 33.3 Å². The number of nitrogens with one attached hydrogen (secondary N) is 1. The fourth-order valence-corrected chi connectivity index (χ4v) is 2.75. The molecule has 0 saturated carbocycles. The normalized spacial score (nSPS) is 12.4. The Morgan fingerprint density at radius 1 is 1.18 bits per heavy atom. The van der Waals surface area contributed by atoms with Crippen LogP contribution in [0.4, 0.5) is 5.82 Å². The van der Waals surface area contributed by atoms with Crippen LogP contribution in [0.25, 0.3) is 0 Å². The van der Waals surface area contributed by atoms with Crippen molar-refractivity contribution in [3.05, 3.63) is 18.3 Å². The number of sulfonamides is 1. The van der Waals surface area contributed by atoms with Gasteiger partial charge < -0.3 is 0 Å². The number of hydrogen-bond donors (Lipinski definition) is 1. The van der Waals surface area contributed by atoms with Crippen molar-refractivity contribution < 1.29 is 16.8 Å². The molecule has 0 radical (unpaired) electrons. The first-order valence-corrected chi connectivity index (χ1v) is 8.31. The van der Waals surface area contributed by atoms with Crippen LogP contribution in [-0.2, 0) is 19.9 Å². The average Bonchev–Trinajstić information content (AvgIpc) is 2.29. The number of anilines is 1. The molecule has 0 bridgehead atoms. The van der Waals surface area contributed by atoms with Crippen LogP contribution in [0.15, 0.2) is 23.2 Å².